The Morgan fingerprint density at radius 3 is 2.41 bits per heavy atom. The van der Waals surface area contributed by atoms with Gasteiger partial charge in [-0.15, -0.1) is 0 Å². The summed E-state index contributed by atoms with van der Waals surface area (Å²) in [5.41, 5.74) is -0.190. The molecule has 3 N–H and O–H groups in total. The van der Waals surface area contributed by atoms with Crippen molar-refractivity contribution < 1.29 is 27.9 Å². The molecule has 29 heavy (non-hydrogen) atoms. The van der Waals surface area contributed by atoms with Gasteiger partial charge in [-0.05, 0) is 19.1 Å². The number of nitrogens with zero attached hydrogens (tertiary/aromatic N) is 2. The number of anilines is 1. The van der Waals surface area contributed by atoms with Crippen LogP contribution in [0, 0.1) is 10.1 Å². The summed E-state index contributed by atoms with van der Waals surface area (Å²) in [5, 5.41) is 13.6. The first-order chi connectivity index (χ1) is 13.8. The number of sulfone groups is 1. The molecule has 1 amide bonds. The number of carbonyl (C=O) groups excluding carboxylic acids is 1. The van der Waals surface area contributed by atoms with Gasteiger partial charge in [0, 0.05) is 12.1 Å². The molecule has 0 radical (unpaired) electrons. The summed E-state index contributed by atoms with van der Waals surface area (Å²) in [6.07, 6.45) is 1.19. The van der Waals surface area contributed by atoms with Crippen LogP contribution in [0.3, 0.4) is 0 Å². The number of piperazine rings is 1. The van der Waals surface area contributed by atoms with E-state index in [1.54, 1.807) is 0 Å². The molecule has 1 saturated heterocycles. The van der Waals surface area contributed by atoms with Crippen LogP contribution in [0.25, 0.3) is 0 Å². The van der Waals surface area contributed by atoms with Crippen molar-refractivity contribution in [2.45, 2.75) is 16.0 Å². The monoisotopic (exact) mass is 441 g/mol. The fraction of sp³-hybridized carbons (Fsp3) is 0.412. The molecule has 1 aromatic heterocycles. The number of quaternary nitrogens is 2. The summed E-state index contributed by atoms with van der Waals surface area (Å²) in [4.78, 5) is 29.1. The van der Waals surface area contributed by atoms with Gasteiger partial charge in [0.15, 0.2) is 11.7 Å². The number of nitro groups is 1. The Kier molecular flexibility index (Phi) is 6.57. The van der Waals surface area contributed by atoms with Crippen molar-refractivity contribution in [2.24, 2.45) is 0 Å². The van der Waals surface area contributed by atoms with E-state index in [9.17, 15) is 23.3 Å². The van der Waals surface area contributed by atoms with E-state index in [0.29, 0.717) is 6.54 Å². The van der Waals surface area contributed by atoms with Crippen LogP contribution in [0.4, 0.5) is 10.8 Å². The Bertz CT molecular complexity index is 982. The van der Waals surface area contributed by atoms with Gasteiger partial charge in [-0.25, -0.2) is 13.4 Å². The first-order valence-corrected chi connectivity index (χ1v) is 11.5. The molecule has 12 heteroatoms. The van der Waals surface area contributed by atoms with Crippen molar-refractivity contribution in [1.82, 2.24) is 4.98 Å². The largest absolute Gasteiger partial charge is 0.326 e. The Morgan fingerprint density at radius 2 is 1.83 bits per heavy atom. The second-order valence-corrected chi connectivity index (χ2v) is 10.0. The Hall–Kier alpha value is -2.41. The number of rotatable bonds is 7. The maximum atomic E-state index is 12.7. The molecule has 1 aliphatic heterocycles. The van der Waals surface area contributed by atoms with Crippen molar-refractivity contribution in [1.29, 1.82) is 0 Å². The Labute approximate surface area is 172 Å². The molecule has 10 nitrogen and oxygen atoms in total. The van der Waals surface area contributed by atoms with Gasteiger partial charge in [0.05, 0.1) is 22.6 Å². The summed E-state index contributed by atoms with van der Waals surface area (Å²) in [7, 11) is -3.86. The van der Waals surface area contributed by atoms with Gasteiger partial charge >= 0.3 is 0 Å². The van der Waals surface area contributed by atoms with E-state index in [0.717, 1.165) is 56.2 Å². The van der Waals surface area contributed by atoms with Gasteiger partial charge in [0.25, 0.3) is 11.6 Å². The third kappa shape index (κ3) is 5.15. The number of benzene rings is 1. The molecular formula is C17H23N5O5S2+2. The number of nitro benzene ring substituents is 1. The summed E-state index contributed by atoms with van der Waals surface area (Å²) in [6, 6.07) is 4.65. The zero-order valence-corrected chi connectivity index (χ0v) is 17.5. The summed E-state index contributed by atoms with van der Waals surface area (Å²) in [5.74, 6) is -0.200. The molecule has 0 saturated carbocycles. The zero-order chi connectivity index (χ0) is 21.0. The molecule has 0 atom stereocenters. The topological polar surface area (TPSA) is 128 Å². The first kappa shape index (κ1) is 21.3. The number of aromatic nitrogens is 1. The first-order valence-electron chi connectivity index (χ1n) is 9.22. The van der Waals surface area contributed by atoms with Crippen LogP contribution in [-0.2, 0) is 14.6 Å². The molecule has 156 valence electrons. The van der Waals surface area contributed by atoms with Crippen LogP contribution in [0.5, 0.6) is 0 Å². The van der Waals surface area contributed by atoms with Crippen LogP contribution in [0.15, 0.2) is 39.6 Å². The van der Waals surface area contributed by atoms with Gasteiger partial charge in [-0.2, -0.15) is 0 Å². The molecule has 3 rings (SSSR count). The maximum absolute atomic E-state index is 12.7. The maximum Gasteiger partial charge on any atom is 0.281 e. The van der Waals surface area contributed by atoms with Crippen LogP contribution in [0.1, 0.15) is 6.92 Å². The molecule has 0 bridgehead atoms. The number of amides is 1. The molecule has 1 aromatic carbocycles. The second-order valence-electron chi connectivity index (χ2n) is 6.82. The quantitative estimate of drug-likeness (QED) is 0.359. The van der Waals surface area contributed by atoms with Crippen molar-refractivity contribution in [3.63, 3.8) is 0 Å². The van der Waals surface area contributed by atoms with Crippen molar-refractivity contribution in [3.8, 4) is 0 Å². The summed E-state index contributed by atoms with van der Waals surface area (Å²) in [6.45, 7) is 7.48. The Balaban J connectivity index is 1.62. The number of likely N-dealkylation sites (N-methyl/N-ethyl adjacent to an activating group) is 1. The predicted molar refractivity (Wildman–Crippen MR) is 106 cm³/mol. The van der Waals surface area contributed by atoms with E-state index in [4.69, 9.17) is 0 Å². The minimum Gasteiger partial charge on any atom is -0.326 e. The smallest absolute Gasteiger partial charge is 0.281 e. The van der Waals surface area contributed by atoms with Crippen LogP contribution < -0.4 is 15.1 Å². The number of nitrogens with one attached hydrogen (secondary N) is 3. The molecule has 1 fully saturated rings. The number of hydrogen-bond acceptors (Lipinski definition) is 7. The average Bonchev–Trinajstić information content (AvgIpc) is 3.17. The van der Waals surface area contributed by atoms with Gasteiger partial charge in [0.2, 0.25) is 9.84 Å². The highest BCUT2D eigenvalue weighted by molar-refractivity contribution is 7.93. The highest BCUT2D eigenvalue weighted by Crippen LogP contribution is 2.29. The van der Waals surface area contributed by atoms with Gasteiger partial charge in [-0.3, -0.25) is 20.2 Å². The molecule has 0 unspecified atom stereocenters. The minimum absolute atomic E-state index is 0.0332. The zero-order valence-electron chi connectivity index (χ0n) is 15.9. The molecule has 0 aliphatic carbocycles. The normalized spacial score (nSPS) is 19.6. The molecule has 0 spiro atoms. The molecule has 2 aromatic rings. The van der Waals surface area contributed by atoms with E-state index >= 15 is 0 Å². The fourth-order valence-electron chi connectivity index (χ4n) is 3.18. The second kappa shape index (κ2) is 8.95. The highest BCUT2D eigenvalue weighted by atomic mass is 32.2. The van der Waals surface area contributed by atoms with Crippen molar-refractivity contribution >= 4 is 37.9 Å². The van der Waals surface area contributed by atoms with E-state index in [1.165, 1.54) is 28.1 Å². The van der Waals surface area contributed by atoms with E-state index in [1.807, 2.05) is 0 Å². The molecule has 2 heterocycles. The molecular weight excluding hydrogens is 418 g/mol. The fourth-order valence-corrected chi connectivity index (χ4v) is 5.63. The van der Waals surface area contributed by atoms with E-state index in [-0.39, 0.29) is 25.8 Å². The number of carbonyl (C=O) groups is 1. The third-order valence-electron chi connectivity index (χ3n) is 4.93. The van der Waals surface area contributed by atoms with Crippen LogP contribution in [-0.4, -0.2) is 63.5 Å². The summed E-state index contributed by atoms with van der Waals surface area (Å²) >= 11 is 0.861. The number of hydrogen-bond donors (Lipinski definition) is 3. The van der Waals surface area contributed by atoms with Crippen LogP contribution >= 0.6 is 11.3 Å². The van der Waals surface area contributed by atoms with Gasteiger partial charge in [-0.1, -0.05) is 11.3 Å². The number of thiazole rings is 1. The lowest BCUT2D eigenvalue weighted by Gasteiger charge is -2.28. The van der Waals surface area contributed by atoms with Crippen molar-refractivity contribution in [2.75, 3.05) is 44.6 Å². The minimum atomic E-state index is -3.86. The standard InChI is InChI=1S/C17H21N5O5S2/c1-2-20-7-9-21(10-8-20)12-15(23)19-17-18-11-16(28-17)29(26,27)14-5-3-13(4-6-14)22(24)25/h3-6,11H,2,7-10,12H2,1H3,(H,18,19,23)/p+2. The molecule has 1 aliphatic rings. The summed E-state index contributed by atoms with van der Waals surface area (Å²) < 4.78 is 25.3. The van der Waals surface area contributed by atoms with Crippen molar-refractivity contribution in [3.05, 3.63) is 40.6 Å². The van der Waals surface area contributed by atoms with Gasteiger partial charge < -0.3 is 9.80 Å². The SMILES string of the molecule is CC[NH+]1CC[NH+](CC(=O)Nc2ncc(S(=O)(=O)c3ccc([N+](=O)[O-])cc3)s2)CC1. The predicted octanol–water partition coefficient (Wildman–Crippen LogP) is -1.37. The average molecular weight is 442 g/mol. The highest BCUT2D eigenvalue weighted by Gasteiger charge is 2.25. The lowest BCUT2D eigenvalue weighted by atomic mass is 10.3. The lowest BCUT2D eigenvalue weighted by Crippen LogP contribution is -3.28. The van der Waals surface area contributed by atoms with Gasteiger partial charge in [0.1, 0.15) is 30.4 Å². The number of non-ortho nitro benzene ring substituents is 1. The lowest BCUT2D eigenvalue weighted by molar-refractivity contribution is -1.01. The van der Waals surface area contributed by atoms with Crippen LogP contribution in [0.2, 0.25) is 0 Å². The Morgan fingerprint density at radius 1 is 1.21 bits per heavy atom. The van der Waals surface area contributed by atoms with E-state index < -0.39 is 14.8 Å². The van der Waals surface area contributed by atoms with E-state index in [2.05, 4.69) is 17.2 Å². The third-order valence-corrected chi connectivity index (χ3v) is 8.07.